The van der Waals surface area contributed by atoms with E-state index in [-0.39, 0.29) is 37.3 Å². The molecular formula is C13H23N3O4. The van der Waals surface area contributed by atoms with E-state index >= 15 is 0 Å². The van der Waals surface area contributed by atoms with Gasteiger partial charge in [-0.2, -0.15) is 0 Å². The first-order valence-electron chi connectivity index (χ1n) is 6.93. The summed E-state index contributed by atoms with van der Waals surface area (Å²) in [5.74, 6) is -0.993. The van der Waals surface area contributed by atoms with E-state index in [4.69, 9.17) is 10.8 Å². The molecule has 0 aliphatic carbocycles. The fourth-order valence-corrected chi connectivity index (χ4v) is 2.51. The Hall–Kier alpha value is -1.79. The van der Waals surface area contributed by atoms with Crippen LogP contribution in [0.4, 0.5) is 4.79 Å². The molecule has 0 bridgehead atoms. The first kappa shape index (κ1) is 16.3. The summed E-state index contributed by atoms with van der Waals surface area (Å²) in [4.78, 5) is 34.9. The molecule has 1 rings (SSSR count). The summed E-state index contributed by atoms with van der Waals surface area (Å²) < 4.78 is 0. The number of nitrogens with zero attached hydrogens (tertiary/aromatic N) is 1. The molecule has 0 aromatic carbocycles. The van der Waals surface area contributed by atoms with Gasteiger partial charge in [0.15, 0.2) is 0 Å². The predicted molar refractivity (Wildman–Crippen MR) is 72.9 cm³/mol. The summed E-state index contributed by atoms with van der Waals surface area (Å²) in [6.45, 7) is 3.38. The van der Waals surface area contributed by atoms with Crippen molar-refractivity contribution < 1.29 is 19.5 Å². The number of carbonyl (C=O) groups is 3. The average Bonchev–Trinajstić information content (AvgIpc) is 2.37. The van der Waals surface area contributed by atoms with E-state index in [1.165, 1.54) is 0 Å². The van der Waals surface area contributed by atoms with Crippen LogP contribution in [-0.4, -0.2) is 47.5 Å². The number of primary amides is 1. The zero-order chi connectivity index (χ0) is 15.1. The third kappa shape index (κ3) is 5.46. The van der Waals surface area contributed by atoms with Gasteiger partial charge in [0, 0.05) is 32.5 Å². The van der Waals surface area contributed by atoms with Gasteiger partial charge in [0.25, 0.3) is 0 Å². The molecule has 20 heavy (non-hydrogen) atoms. The smallest absolute Gasteiger partial charge is 0.317 e. The van der Waals surface area contributed by atoms with Crippen molar-refractivity contribution in [2.45, 2.75) is 32.6 Å². The van der Waals surface area contributed by atoms with E-state index in [9.17, 15) is 14.4 Å². The van der Waals surface area contributed by atoms with Crippen molar-refractivity contribution >= 4 is 17.9 Å². The van der Waals surface area contributed by atoms with Gasteiger partial charge >= 0.3 is 12.0 Å². The minimum Gasteiger partial charge on any atom is -0.481 e. The highest BCUT2D eigenvalue weighted by Crippen LogP contribution is 2.26. The van der Waals surface area contributed by atoms with Crippen LogP contribution in [0.3, 0.4) is 0 Å². The van der Waals surface area contributed by atoms with Crippen molar-refractivity contribution in [3.05, 3.63) is 0 Å². The Bertz CT molecular complexity index is 373. The topological polar surface area (TPSA) is 113 Å². The number of rotatable bonds is 6. The predicted octanol–water partition coefficient (Wildman–Crippen LogP) is 0.394. The Labute approximate surface area is 118 Å². The van der Waals surface area contributed by atoms with Crippen LogP contribution < -0.4 is 11.1 Å². The fourth-order valence-electron chi connectivity index (χ4n) is 2.51. The van der Waals surface area contributed by atoms with Gasteiger partial charge in [-0.05, 0) is 24.7 Å². The monoisotopic (exact) mass is 285 g/mol. The maximum Gasteiger partial charge on any atom is 0.317 e. The number of piperidine rings is 1. The van der Waals surface area contributed by atoms with Gasteiger partial charge in [0.05, 0.1) is 0 Å². The van der Waals surface area contributed by atoms with Crippen molar-refractivity contribution in [1.82, 2.24) is 10.2 Å². The number of nitrogens with two attached hydrogens (primary N) is 1. The molecule has 0 saturated carbocycles. The Balaban J connectivity index is 2.41. The lowest BCUT2D eigenvalue weighted by Crippen LogP contribution is -2.47. The SMILES string of the molecule is CC(CC(=O)O)C1CCCN(C(=O)NCCC(N)=O)C1. The molecule has 1 heterocycles. The average molecular weight is 285 g/mol. The number of hydrogen-bond acceptors (Lipinski definition) is 3. The minimum absolute atomic E-state index is 0.0497. The van der Waals surface area contributed by atoms with Crippen LogP contribution >= 0.6 is 0 Å². The number of carboxylic acids is 1. The van der Waals surface area contributed by atoms with Gasteiger partial charge in [-0.3, -0.25) is 9.59 Å². The molecule has 0 radical (unpaired) electrons. The second-order valence-electron chi connectivity index (χ2n) is 5.37. The number of likely N-dealkylation sites (tertiary alicyclic amines) is 1. The van der Waals surface area contributed by atoms with E-state index in [2.05, 4.69) is 5.32 Å². The molecule has 0 spiro atoms. The third-order valence-electron chi connectivity index (χ3n) is 3.69. The quantitative estimate of drug-likeness (QED) is 0.655. The molecule has 114 valence electrons. The largest absolute Gasteiger partial charge is 0.481 e. The molecule has 4 N–H and O–H groups in total. The first-order chi connectivity index (χ1) is 9.40. The highest BCUT2D eigenvalue weighted by atomic mass is 16.4. The maximum absolute atomic E-state index is 11.9. The van der Waals surface area contributed by atoms with Crippen molar-refractivity contribution in [2.24, 2.45) is 17.6 Å². The molecule has 2 unspecified atom stereocenters. The van der Waals surface area contributed by atoms with Crippen LogP contribution in [0.2, 0.25) is 0 Å². The van der Waals surface area contributed by atoms with Crippen molar-refractivity contribution in [1.29, 1.82) is 0 Å². The molecule has 2 atom stereocenters. The van der Waals surface area contributed by atoms with Gasteiger partial charge in [-0.15, -0.1) is 0 Å². The summed E-state index contributed by atoms with van der Waals surface area (Å²) in [6.07, 6.45) is 2.07. The number of aliphatic carboxylic acids is 1. The van der Waals surface area contributed by atoms with E-state index < -0.39 is 11.9 Å². The fraction of sp³-hybridized carbons (Fsp3) is 0.769. The lowest BCUT2D eigenvalue weighted by atomic mass is 9.85. The van der Waals surface area contributed by atoms with Crippen LogP contribution in [0.1, 0.15) is 32.6 Å². The van der Waals surface area contributed by atoms with Crippen LogP contribution in [0.25, 0.3) is 0 Å². The summed E-state index contributed by atoms with van der Waals surface area (Å²) in [5.41, 5.74) is 5.01. The number of nitrogens with one attached hydrogen (secondary N) is 1. The van der Waals surface area contributed by atoms with E-state index in [0.717, 1.165) is 12.8 Å². The van der Waals surface area contributed by atoms with Crippen molar-refractivity contribution in [3.8, 4) is 0 Å². The van der Waals surface area contributed by atoms with Gasteiger partial charge in [0.1, 0.15) is 0 Å². The summed E-state index contributed by atoms with van der Waals surface area (Å²) in [7, 11) is 0. The molecule has 7 heteroatoms. The molecule has 0 aromatic rings. The van der Waals surface area contributed by atoms with E-state index in [1.807, 2.05) is 6.92 Å². The van der Waals surface area contributed by atoms with Crippen LogP contribution in [0.15, 0.2) is 0 Å². The molecule has 3 amide bonds. The molecule has 1 fully saturated rings. The second kappa shape index (κ2) is 7.72. The molecule has 7 nitrogen and oxygen atoms in total. The Kier molecular flexibility index (Phi) is 6.27. The summed E-state index contributed by atoms with van der Waals surface area (Å²) >= 11 is 0. The van der Waals surface area contributed by atoms with Gasteiger partial charge in [-0.25, -0.2) is 4.79 Å². The second-order valence-corrected chi connectivity index (χ2v) is 5.37. The Morgan fingerprint density at radius 1 is 1.45 bits per heavy atom. The number of amides is 3. The zero-order valence-electron chi connectivity index (χ0n) is 11.8. The standard InChI is InChI=1S/C13H23N3O4/c1-9(7-12(18)19)10-3-2-6-16(8-10)13(20)15-5-4-11(14)17/h9-10H,2-8H2,1H3,(H2,14,17)(H,15,20)(H,18,19). The molecule has 1 aliphatic heterocycles. The zero-order valence-corrected chi connectivity index (χ0v) is 11.8. The summed E-state index contributed by atoms with van der Waals surface area (Å²) in [5, 5.41) is 11.5. The normalized spacial score (nSPS) is 20.2. The highest BCUT2D eigenvalue weighted by Gasteiger charge is 2.28. The first-order valence-corrected chi connectivity index (χ1v) is 6.93. The van der Waals surface area contributed by atoms with Crippen LogP contribution in [0, 0.1) is 11.8 Å². The summed E-state index contributed by atoms with van der Waals surface area (Å²) in [6, 6.07) is -0.210. The lowest BCUT2D eigenvalue weighted by Gasteiger charge is -2.35. The van der Waals surface area contributed by atoms with Gasteiger partial charge in [-0.1, -0.05) is 6.92 Å². The van der Waals surface area contributed by atoms with Crippen molar-refractivity contribution in [3.63, 3.8) is 0 Å². The lowest BCUT2D eigenvalue weighted by molar-refractivity contribution is -0.138. The number of carboxylic acid groups (broad SMARTS) is 1. The Morgan fingerprint density at radius 2 is 2.15 bits per heavy atom. The maximum atomic E-state index is 11.9. The third-order valence-corrected chi connectivity index (χ3v) is 3.69. The number of urea groups is 1. The highest BCUT2D eigenvalue weighted by molar-refractivity contribution is 5.77. The van der Waals surface area contributed by atoms with E-state index in [0.29, 0.717) is 13.1 Å². The number of carbonyl (C=O) groups excluding carboxylic acids is 2. The molecule has 1 aliphatic rings. The van der Waals surface area contributed by atoms with Crippen LogP contribution in [0.5, 0.6) is 0 Å². The van der Waals surface area contributed by atoms with Crippen LogP contribution in [-0.2, 0) is 9.59 Å². The minimum atomic E-state index is -0.805. The van der Waals surface area contributed by atoms with Crippen molar-refractivity contribution in [2.75, 3.05) is 19.6 Å². The van der Waals surface area contributed by atoms with Gasteiger partial charge < -0.3 is 21.1 Å². The molecule has 1 saturated heterocycles. The van der Waals surface area contributed by atoms with Gasteiger partial charge in [0.2, 0.25) is 5.91 Å². The molecular weight excluding hydrogens is 262 g/mol. The molecule has 0 aromatic heterocycles. The number of hydrogen-bond donors (Lipinski definition) is 3. The van der Waals surface area contributed by atoms with E-state index in [1.54, 1.807) is 4.90 Å². The Morgan fingerprint density at radius 3 is 2.75 bits per heavy atom.